The Kier molecular flexibility index (Phi) is 2.38. The van der Waals surface area contributed by atoms with Crippen LogP contribution in [-0.4, -0.2) is 16.9 Å². The second kappa shape index (κ2) is 4.24. The Bertz CT molecular complexity index is 916. The van der Waals surface area contributed by atoms with Crippen molar-refractivity contribution in [3.05, 3.63) is 46.9 Å². The van der Waals surface area contributed by atoms with Gasteiger partial charge in [-0.2, -0.15) is 0 Å². The van der Waals surface area contributed by atoms with Gasteiger partial charge in [-0.25, -0.2) is 9.78 Å². The predicted molar refractivity (Wildman–Crippen MR) is 73.5 cm³/mol. The number of hydrogen-bond acceptors (Lipinski definition) is 6. The van der Waals surface area contributed by atoms with E-state index in [2.05, 4.69) is 4.98 Å². The Morgan fingerprint density at radius 1 is 1.14 bits per heavy atom. The smallest absolute Gasteiger partial charge is 0.348 e. The topological polar surface area (TPSA) is 81.8 Å². The van der Waals surface area contributed by atoms with Crippen molar-refractivity contribution in [1.82, 2.24) is 4.98 Å². The third-order valence-corrected chi connectivity index (χ3v) is 3.30. The lowest BCUT2D eigenvalue weighted by molar-refractivity contribution is 0.174. The number of nitrogens with zero attached hydrogens (tertiary/aromatic N) is 1. The Hall–Kier alpha value is -3.02. The van der Waals surface area contributed by atoms with E-state index in [0.29, 0.717) is 17.1 Å². The van der Waals surface area contributed by atoms with Gasteiger partial charge in [0.05, 0.1) is 0 Å². The number of aromatic nitrogens is 1. The second-order valence-corrected chi connectivity index (χ2v) is 4.53. The number of benzene rings is 1. The Morgan fingerprint density at radius 2 is 2.00 bits per heavy atom. The van der Waals surface area contributed by atoms with Crippen molar-refractivity contribution >= 4 is 11.1 Å². The van der Waals surface area contributed by atoms with Crippen molar-refractivity contribution in [3.63, 3.8) is 0 Å². The zero-order valence-electron chi connectivity index (χ0n) is 10.7. The minimum absolute atomic E-state index is 0.0551. The molecule has 1 aliphatic rings. The molecule has 0 unspecified atom stereocenters. The van der Waals surface area contributed by atoms with Crippen LogP contribution in [0.5, 0.6) is 17.2 Å². The molecule has 0 atom stereocenters. The maximum absolute atomic E-state index is 12.1. The van der Waals surface area contributed by atoms with Crippen LogP contribution in [0.4, 0.5) is 0 Å². The summed E-state index contributed by atoms with van der Waals surface area (Å²) < 4.78 is 15.7. The highest BCUT2D eigenvalue weighted by Crippen LogP contribution is 2.38. The summed E-state index contributed by atoms with van der Waals surface area (Å²) in [5.41, 5.74) is 0.388. The molecule has 3 heterocycles. The number of ether oxygens (including phenoxy) is 2. The molecule has 1 aliphatic heterocycles. The first-order valence-corrected chi connectivity index (χ1v) is 6.25. The Labute approximate surface area is 118 Å². The van der Waals surface area contributed by atoms with Crippen molar-refractivity contribution in [1.29, 1.82) is 0 Å². The lowest BCUT2D eigenvalue weighted by Crippen LogP contribution is -2.04. The monoisotopic (exact) mass is 283 g/mol. The summed E-state index contributed by atoms with van der Waals surface area (Å²) in [6.07, 6.45) is 1.52. The molecule has 0 radical (unpaired) electrons. The van der Waals surface area contributed by atoms with Gasteiger partial charge in [0.25, 0.3) is 0 Å². The van der Waals surface area contributed by atoms with E-state index in [1.165, 1.54) is 6.20 Å². The van der Waals surface area contributed by atoms with Gasteiger partial charge < -0.3 is 19.0 Å². The molecule has 4 rings (SSSR count). The molecule has 0 bridgehead atoms. The molecule has 104 valence electrons. The summed E-state index contributed by atoms with van der Waals surface area (Å²) >= 11 is 0. The van der Waals surface area contributed by atoms with Gasteiger partial charge in [0.2, 0.25) is 6.79 Å². The molecule has 6 nitrogen and oxygen atoms in total. The zero-order valence-corrected chi connectivity index (χ0v) is 10.7. The fourth-order valence-electron chi connectivity index (χ4n) is 2.32. The highest BCUT2D eigenvalue weighted by Gasteiger charge is 2.20. The molecule has 0 aliphatic carbocycles. The van der Waals surface area contributed by atoms with Gasteiger partial charge in [0.1, 0.15) is 11.1 Å². The van der Waals surface area contributed by atoms with Crippen molar-refractivity contribution in [2.24, 2.45) is 0 Å². The summed E-state index contributed by atoms with van der Waals surface area (Å²) in [4.78, 5) is 16.2. The summed E-state index contributed by atoms with van der Waals surface area (Å²) in [7, 11) is 0. The van der Waals surface area contributed by atoms with Gasteiger partial charge >= 0.3 is 5.63 Å². The normalized spacial score (nSPS) is 12.8. The fourth-order valence-corrected chi connectivity index (χ4v) is 2.32. The van der Waals surface area contributed by atoms with E-state index in [4.69, 9.17) is 13.9 Å². The van der Waals surface area contributed by atoms with E-state index in [1.54, 1.807) is 30.3 Å². The quantitative estimate of drug-likeness (QED) is 0.738. The van der Waals surface area contributed by atoms with E-state index < -0.39 is 5.63 Å². The Morgan fingerprint density at radius 3 is 2.90 bits per heavy atom. The lowest BCUT2D eigenvalue weighted by atomic mass is 10.1. The van der Waals surface area contributed by atoms with Gasteiger partial charge in [-0.3, -0.25) is 0 Å². The average molecular weight is 283 g/mol. The highest BCUT2D eigenvalue weighted by atomic mass is 16.7. The number of rotatable bonds is 1. The highest BCUT2D eigenvalue weighted by molar-refractivity contribution is 5.87. The summed E-state index contributed by atoms with van der Waals surface area (Å²) in [6, 6.07) is 8.17. The largest absolute Gasteiger partial charge is 0.505 e. The minimum atomic E-state index is -0.633. The molecule has 0 amide bonds. The van der Waals surface area contributed by atoms with E-state index >= 15 is 0 Å². The Balaban J connectivity index is 2.00. The van der Waals surface area contributed by atoms with E-state index in [1.807, 2.05) is 0 Å². The summed E-state index contributed by atoms with van der Waals surface area (Å²) in [6.45, 7) is 0.138. The first-order valence-electron chi connectivity index (χ1n) is 6.25. The summed E-state index contributed by atoms with van der Waals surface area (Å²) in [5, 5.41) is 10.3. The van der Waals surface area contributed by atoms with Crippen molar-refractivity contribution in [3.8, 4) is 28.4 Å². The number of aromatic hydroxyl groups is 1. The van der Waals surface area contributed by atoms with Gasteiger partial charge in [-0.1, -0.05) is 6.07 Å². The van der Waals surface area contributed by atoms with Crippen LogP contribution in [0.15, 0.2) is 45.7 Å². The first-order chi connectivity index (χ1) is 10.2. The van der Waals surface area contributed by atoms with E-state index in [0.717, 1.165) is 0 Å². The van der Waals surface area contributed by atoms with Crippen LogP contribution < -0.4 is 15.1 Å². The molecule has 1 N–H and O–H groups in total. The number of fused-ring (bicyclic) bond motifs is 2. The molecular formula is C15H9NO5. The van der Waals surface area contributed by atoms with Gasteiger partial charge in [-0.05, 0) is 29.8 Å². The zero-order chi connectivity index (χ0) is 14.4. The van der Waals surface area contributed by atoms with Crippen molar-refractivity contribution < 1.29 is 19.0 Å². The predicted octanol–water partition coefficient (Wildman–Crippen LogP) is 2.29. The van der Waals surface area contributed by atoms with Crippen LogP contribution in [0.25, 0.3) is 22.2 Å². The summed E-state index contributed by atoms with van der Waals surface area (Å²) in [5.74, 6) is 0.912. The molecule has 6 heteroatoms. The molecule has 0 saturated heterocycles. The van der Waals surface area contributed by atoms with Gasteiger partial charge in [-0.15, -0.1) is 0 Å². The van der Waals surface area contributed by atoms with E-state index in [9.17, 15) is 9.90 Å². The molecule has 2 aromatic heterocycles. The second-order valence-electron chi connectivity index (χ2n) is 4.53. The van der Waals surface area contributed by atoms with Crippen LogP contribution in [0.1, 0.15) is 0 Å². The SMILES string of the molecule is O=c1oc2cccnc2c(O)c1-c1ccc2c(c1)OCO2. The molecule has 0 fully saturated rings. The molecule has 1 aromatic carbocycles. The molecule has 0 spiro atoms. The van der Waals surface area contributed by atoms with Crippen LogP contribution in [0.3, 0.4) is 0 Å². The van der Waals surface area contributed by atoms with Gasteiger partial charge in [0, 0.05) is 6.20 Å². The van der Waals surface area contributed by atoms with E-state index in [-0.39, 0.29) is 29.2 Å². The van der Waals surface area contributed by atoms with Crippen LogP contribution >= 0.6 is 0 Å². The van der Waals surface area contributed by atoms with Crippen LogP contribution in [0, 0.1) is 0 Å². The lowest BCUT2D eigenvalue weighted by Gasteiger charge is -2.06. The molecule has 0 saturated carbocycles. The number of pyridine rings is 1. The maximum atomic E-state index is 12.1. The minimum Gasteiger partial charge on any atom is -0.505 e. The molecule has 3 aromatic rings. The third kappa shape index (κ3) is 1.73. The fraction of sp³-hybridized carbons (Fsp3) is 0.0667. The maximum Gasteiger partial charge on any atom is 0.348 e. The van der Waals surface area contributed by atoms with Crippen LogP contribution in [0.2, 0.25) is 0 Å². The number of hydrogen-bond donors (Lipinski definition) is 1. The van der Waals surface area contributed by atoms with Crippen molar-refractivity contribution in [2.45, 2.75) is 0 Å². The molecule has 21 heavy (non-hydrogen) atoms. The third-order valence-electron chi connectivity index (χ3n) is 3.30. The average Bonchev–Trinajstić information content (AvgIpc) is 2.95. The first kappa shape index (κ1) is 11.8. The molecular weight excluding hydrogens is 274 g/mol. The van der Waals surface area contributed by atoms with Crippen LogP contribution in [-0.2, 0) is 0 Å². The van der Waals surface area contributed by atoms with Gasteiger partial charge in [0.15, 0.2) is 22.8 Å². The standard InChI is InChI=1S/C15H9NO5/c17-14-12(8-3-4-9-11(6-8)20-7-19-9)15(18)21-10-2-1-5-16-13(10)14/h1-6,17H,7H2. The van der Waals surface area contributed by atoms with Crippen molar-refractivity contribution in [2.75, 3.05) is 6.79 Å².